The van der Waals surface area contributed by atoms with Gasteiger partial charge in [-0.2, -0.15) is 18.3 Å². The second-order valence-electron chi connectivity index (χ2n) is 3.81. The number of hydrogen-bond acceptors (Lipinski definition) is 2. The Balaban J connectivity index is 2.69. The third-order valence-corrected chi connectivity index (χ3v) is 2.43. The van der Waals surface area contributed by atoms with Gasteiger partial charge in [0.1, 0.15) is 5.69 Å². The maximum absolute atomic E-state index is 12.4. The van der Waals surface area contributed by atoms with Gasteiger partial charge in [0.15, 0.2) is 0 Å². The van der Waals surface area contributed by atoms with Gasteiger partial charge in [-0.3, -0.25) is 4.79 Å². The normalized spacial score (nSPS) is 12.1. The van der Waals surface area contributed by atoms with E-state index >= 15 is 0 Å². The molecule has 0 spiro atoms. The Morgan fingerprint density at radius 1 is 1.29 bits per heavy atom. The van der Waals surface area contributed by atoms with Crippen LogP contribution in [0.5, 0.6) is 0 Å². The Morgan fingerprint density at radius 2 is 1.94 bits per heavy atom. The molecule has 0 bridgehead atoms. The molecule has 2 rings (SSSR count). The summed E-state index contributed by atoms with van der Waals surface area (Å²) >= 11 is 0. The van der Waals surface area contributed by atoms with E-state index in [1.807, 2.05) is 0 Å². The molecule has 0 aliphatic heterocycles. The van der Waals surface area contributed by atoms with Gasteiger partial charge in [0.25, 0.3) is 5.78 Å². The van der Waals surface area contributed by atoms with Gasteiger partial charge in [0.05, 0.1) is 11.2 Å². The summed E-state index contributed by atoms with van der Waals surface area (Å²) in [5, 5.41) is 3.93. The molecule has 0 aromatic carbocycles. The SMILES string of the molecule is Cc1cc(C)c2ccc(C(=O)C(F)(F)F)n2n1. The predicted molar refractivity (Wildman–Crippen MR) is 55.1 cm³/mol. The highest BCUT2D eigenvalue weighted by Gasteiger charge is 2.41. The molecule has 0 N–H and O–H groups in total. The Hall–Kier alpha value is -1.85. The van der Waals surface area contributed by atoms with E-state index in [0.717, 1.165) is 16.1 Å². The molecule has 0 amide bonds. The van der Waals surface area contributed by atoms with Crippen molar-refractivity contribution in [1.29, 1.82) is 0 Å². The highest BCUT2D eigenvalue weighted by Crippen LogP contribution is 2.23. The van der Waals surface area contributed by atoms with Gasteiger partial charge in [-0.15, -0.1) is 0 Å². The van der Waals surface area contributed by atoms with Crippen molar-refractivity contribution in [3.05, 3.63) is 35.2 Å². The average molecular weight is 242 g/mol. The van der Waals surface area contributed by atoms with Gasteiger partial charge >= 0.3 is 6.18 Å². The number of hydrogen-bond donors (Lipinski definition) is 0. The van der Waals surface area contributed by atoms with Crippen molar-refractivity contribution < 1.29 is 18.0 Å². The molecular formula is C11H9F3N2O. The first kappa shape index (κ1) is 11.6. The van der Waals surface area contributed by atoms with E-state index in [0.29, 0.717) is 11.2 Å². The van der Waals surface area contributed by atoms with Crippen LogP contribution in [0.25, 0.3) is 5.52 Å². The van der Waals surface area contributed by atoms with E-state index in [-0.39, 0.29) is 0 Å². The van der Waals surface area contributed by atoms with E-state index in [4.69, 9.17) is 0 Å². The van der Waals surface area contributed by atoms with Crippen LogP contribution in [0.15, 0.2) is 18.2 Å². The first-order valence-corrected chi connectivity index (χ1v) is 4.88. The van der Waals surface area contributed by atoms with Crippen LogP contribution in [-0.2, 0) is 0 Å². The van der Waals surface area contributed by atoms with Crippen LogP contribution < -0.4 is 0 Å². The van der Waals surface area contributed by atoms with Crippen LogP contribution in [0, 0.1) is 13.8 Å². The fourth-order valence-electron chi connectivity index (χ4n) is 1.73. The van der Waals surface area contributed by atoms with Crippen LogP contribution in [0.4, 0.5) is 13.2 Å². The number of Topliss-reactive ketones (excluding diaryl/α,β-unsaturated/α-hetero) is 1. The van der Waals surface area contributed by atoms with Gasteiger partial charge < -0.3 is 0 Å². The molecular weight excluding hydrogens is 233 g/mol. The van der Waals surface area contributed by atoms with E-state index < -0.39 is 17.7 Å². The zero-order chi connectivity index (χ0) is 12.8. The van der Waals surface area contributed by atoms with E-state index in [9.17, 15) is 18.0 Å². The van der Waals surface area contributed by atoms with Gasteiger partial charge in [-0.05, 0) is 37.6 Å². The number of ketones is 1. The van der Waals surface area contributed by atoms with Crippen LogP contribution in [-0.4, -0.2) is 21.6 Å². The molecule has 0 aliphatic carbocycles. The minimum atomic E-state index is -4.88. The summed E-state index contributed by atoms with van der Waals surface area (Å²) in [5.41, 5.74) is 1.38. The predicted octanol–water partition coefficient (Wildman–Crippen LogP) is 2.70. The van der Waals surface area contributed by atoms with Crippen molar-refractivity contribution in [1.82, 2.24) is 9.61 Å². The fraction of sp³-hybridized carbons (Fsp3) is 0.273. The fourth-order valence-corrected chi connectivity index (χ4v) is 1.73. The lowest BCUT2D eigenvalue weighted by Gasteiger charge is -2.06. The molecule has 0 aliphatic rings. The maximum atomic E-state index is 12.4. The molecule has 0 saturated heterocycles. The van der Waals surface area contributed by atoms with Gasteiger partial charge in [0.2, 0.25) is 0 Å². The molecule has 2 aromatic heterocycles. The van der Waals surface area contributed by atoms with Crippen LogP contribution in [0.2, 0.25) is 0 Å². The second kappa shape index (κ2) is 3.58. The van der Waals surface area contributed by atoms with Gasteiger partial charge in [0, 0.05) is 0 Å². The number of rotatable bonds is 1. The third kappa shape index (κ3) is 1.90. The summed E-state index contributed by atoms with van der Waals surface area (Å²) in [6, 6.07) is 4.35. The quantitative estimate of drug-likeness (QED) is 0.720. The molecule has 0 radical (unpaired) electrons. The highest BCUT2D eigenvalue weighted by atomic mass is 19.4. The van der Waals surface area contributed by atoms with Crippen molar-refractivity contribution in [3.8, 4) is 0 Å². The van der Waals surface area contributed by atoms with Crippen molar-refractivity contribution in [3.63, 3.8) is 0 Å². The van der Waals surface area contributed by atoms with Gasteiger partial charge in [-0.1, -0.05) is 0 Å². The summed E-state index contributed by atoms with van der Waals surface area (Å²) in [5.74, 6) is -1.88. The van der Waals surface area contributed by atoms with Crippen molar-refractivity contribution in [2.24, 2.45) is 0 Å². The smallest absolute Gasteiger partial charge is 0.282 e. The lowest BCUT2D eigenvalue weighted by Crippen LogP contribution is -2.24. The summed E-state index contributed by atoms with van der Waals surface area (Å²) in [6.07, 6.45) is -4.88. The number of fused-ring (bicyclic) bond motifs is 1. The topological polar surface area (TPSA) is 34.4 Å². The Labute approximate surface area is 94.9 Å². The molecule has 17 heavy (non-hydrogen) atoms. The van der Waals surface area contributed by atoms with Crippen molar-refractivity contribution >= 4 is 11.3 Å². The summed E-state index contributed by atoms with van der Waals surface area (Å²) in [4.78, 5) is 11.2. The number of carbonyl (C=O) groups is 1. The highest BCUT2D eigenvalue weighted by molar-refractivity contribution is 5.99. The van der Waals surface area contributed by atoms with Crippen molar-refractivity contribution in [2.45, 2.75) is 20.0 Å². The number of nitrogens with zero attached hydrogens (tertiary/aromatic N) is 2. The first-order chi connectivity index (χ1) is 7.80. The molecule has 0 atom stereocenters. The van der Waals surface area contributed by atoms with Crippen LogP contribution >= 0.6 is 0 Å². The van der Waals surface area contributed by atoms with Gasteiger partial charge in [-0.25, -0.2) is 4.52 Å². The number of aryl methyl sites for hydroxylation is 2. The lowest BCUT2D eigenvalue weighted by molar-refractivity contribution is -0.0889. The Bertz CT molecular complexity index is 599. The molecule has 2 heterocycles. The largest absolute Gasteiger partial charge is 0.456 e. The Kier molecular flexibility index (Phi) is 2.45. The number of alkyl halides is 3. The monoisotopic (exact) mass is 242 g/mol. The van der Waals surface area contributed by atoms with E-state index in [2.05, 4.69) is 5.10 Å². The number of carbonyl (C=O) groups excluding carboxylic acids is 1. The summed E-state index contributed by atoms with van der Waals surface area (Å²) in [6.45, 7) is 3.42. The number of halogens is 3. The van der Waals surface area contributed by atoms with Crippen molar-refractivity contribution in [2.75, 3.05) is 0 Å². The molecule has 3 nitrogen and oxygen atoms in total. The molecule has 0 saturated carbocycles. The standard InChI is InChI=1S/C11H9F3N2O/c1-6-5-7(2)15-16-8(6)3-4-9(16)10(17)11(12,13)14/h3-5H,1-2H3. The molecule has 90 valence electrons. The minimum Gasteiger partial charge on any atom is -0.282 e. The lowest BCUT2D eigenvalue weighted by atomic mass is 10.2. The second-order valence-corrected chi connectivity index (χ2v) is 3.81. The molecule has 0 unspecified atom stereocenters. The van der Waals surface area contributed by atoms with E-state index in [1.54, 1.807) is 19.9 Å². The summed E-state index contributed by atoms with van der Waals surface area (Å²) < 4.78 is 38.1. The van der Waals surface area contributed by atoms with Crippen LogP contribution in [0.3, 0.4) is 0 Å². The zero-order valence-corrected chi connectivity index (χ0v) is 9.17. The molecule has 6 heteroatoms. The van der Waals surface area contributed by atoms with Crippen LogP contribution in [0.1, 0.15) is 21.7 Å². The molecule has 2 aromatic rings. The minimum absolute atomic E-state index is 0.459. The van der Waals surface area contributed by atoms with E-state index in [1.165, 1.54) is 6.07 Å². The first-order valence-electron chi connectivity index (χ1n) is 4.88. The zero-order valence-electron chi connectivity index (χ0n) is 9.17. The number of aromatic nitrogens is 2. The third-order valence-electron chi connectivity index (χ3n) is 2.43. The Morgan fingerprint density at radius 3 is 2.53 bits per heavy atom. The summed E-state index contributed by atoms with van der Waals surface area (Å²) in [7, 11) is 0. The maximum Gasteiger partial charge on any atom is 0.456 e. The average Bonchev–Trinajstić information content (AvgIpc) is 2.58. The molecule has 0 fully saturated rings.